The molecule has 1 aliphatic carbocycles. The number of hydrogen-bond acceptors (Lipinski definition) is 7. The molecule has 1 saturated carbocycles. The van der Waals surface area contributed by atoms with Crippen molar-refractivity contribution in [3.63, 3.8) is 0 Å². The van der Waals surface area contributed by atoms with Crippen LogP contribution in [-0.2, 0) is 10.0 Å². The number of nitrogens with one attached hydrogen (secondary N) is 1. The van der Waals surface area contributed by atoms with Crippen LogP contribution in [0.2, 0.25) is 0 Å². The van der Waals surface area contributed by atoms with Gasteiger partial charge >= 0.3 is 6.01 Å². The van der Waals surface area contributed by atoms with Crippen LogP contribution < -0.4 is 18.9 Å². The van der Waals surface area contributed by atoms with E-state index >= 15 is 0 Å². The van der Waals surface area contributed by atoms with Crippen LogP contribution in [0.1, 0.15) is 37.1 Å². The van der Waals surface area contributed by atoms with Gasteiger partial charge in [-0.3, -0.25) is 0 Å². The van der Waals surface area contributed by atoms with Gasteiger partial charge < -0.3 is 14.2 Å². The lowest BCUT2D eigenvalue weighted by molar-refractivity contribution is 0.131. The third-order valence-corrected chi connectivity index (χ3v) is 6.45. The summed E-state index contributed by atoms with van der Waals surface area (Å²) in [6.45, 7) is 3.81. The lowest BCUT2D eigenvalue weighted by Crippen LogP contribution is -2.39. The van der Waals surface area contributed by atoms with Gasteiger partial charge in [0.25, 0.3) is 0 Å². The van der Waals surface area contributed by atoms with Crippen molar-refractivity contribution in [3.8, 4) is 17.5 Å². The van der Waals surface area contributed by atoms with Crippen LogP contribution in [0.15, 0.2) is 29.2 Å². The average molecular weight is 422 g/mol. The average Bonchev–Trinajstić information content (AvgIpc) is 2.68. The molecule has 1 aromatic carbocycles. The molecule has 0 aliphatic heterocycles. The topological polar surface area (TPSA) is 99.6 Å². The largest absolute Gasteiger partial charge is 0.497 e. The molecule has 0 atom stereocenters. The monoisotopic (exact) mass is 421 g/mol. The van der Waals surface area contributed by atoms with Gasteiger partial charge in [0.2, 0.25) is 10.0 Å². The summed E-state index contributed by atoms with van der Waals surface area (Å²) >= 11 is 0. The Balaban J connectivity index is 1.61. The molecule has 1 aromatic heterocycles. The van der Waals surface area contributed by atoms with Crippen molar-refractivity contribution in [1.29, 1.82) is 0 Å². The van der Waals surface area contributed by atoms with E-state index in [0.29, 0.717) is 24.6 Å². The van der Waals surface area contributed by atoms with Crippen molar-refractivity contribution in [2.24, 2.45) is 0 Å². The second-order valence-electron chi connectivity index (χ2n) is 7.16. The van der Waals surface area contributed by atoms with E-state index in [1.165, 1.54) is 20.3 Å². The van der Waals surface area contributed by atoms with E-state index in [1.807, 2.05) is 19.9 Å². The Hall–Kier alpha value is -2.39. The molecule has 0 unspecified atom stereocenters. The maximum atomic E-state index is 12.8. The lowest BCUT2D eigenvalue weighted by atomic mass is 9.94. The molecule has 9 heteroatoms. The van der Waals surface area contributed by atoms with Gasteiger partial charge in [0, 0.05) is 23.5 Å². The molecule has 3 rings (SSSR count). The summed E-state index contributed by atoms with van der Waals surface area (Å²) in [5.74, 6) is 0.785. The van der Waals surface area contributed by atoms with E-state index in [4.69, 9.17) is 14.2 Å². The fourth-order valence-electron chi connectivity index (χ4n) is 3.47. The maximum absolute atomic E-state index is 12.8. The molecular weight excluding hydrogens is 394 g/mol. The molecule has 0 radical (unpaired) electrons. The van der Waals surface area contributed by atoms with E-state index in [9.17, 15) is 8.42 Å². The lowest BCUT2D eigenvalue weighted by Gasteiger charge is -2.29. The number of sulfonamides is 1. The van der Waals surface area contributed by atoms with Crippen LogP contribution in [0.4, 0.5) is 0 Å². The SMILES string of the molecule is COc1ccc(S(=O)(=O)NC2CCC(Oc3nc(C)cc(C)n3)CC2)c(OC)c1. The predicted octanol–water partition coefficient (Wildman–Crippen LogP) is 2.78. The van der Waals surface area contributed by atoms with Crippen LogP contribution >= 0.6 is 0 Å². The molecule has 0 saturated heterocycles. The van der Waals surface area contributed by atoms with Crippen molar-refractivity contribution in [1.82, 2.24) is 14.7 Å². The maximum Gasteiger partial charge on any atom is 0.317 e. The Labute approximate surface area is 171 Å². The zero-order valence-corrected chi connectivity index (χ0v) is 18.0. The van der Waals surface area contributed by atoms with Crippen molar-refractivity contribution in [2.45, 2.75) is 56.6 Å². The number of rotatable bonds is 7. The number of benzene rings is 1. The van der Waals surface area contributed by atoms with Crippen molar-refractivity contribution in [3.05, 3.63) is 35.7 Å². The van der Waals surface area contributed by atoms with Gasteiger partial charge in [-0.15, -0.1) is 0 Å². The molecule has 29 heavy (non-hydrogen) atoms. The molecule has 2 aromatic rings. The third-order valence-electron chi connectivity index (χ3n) is 4.89. The van der Waals surface area contributed by atoms with Crippen LogP contribution in [0.5, 0.6) is 17.5 Å². The highest BCUT2D eigenvalue weighted by atomic mass is 32.2. The summed E-state index contributed by atoms with van der Waals surface area (Å²) < 4.78 is 44.8. The van der Waals surface area contributed by atoms with Crippen molar-refractivity contribution in [2.75, 3.05) is 14.2 Å². The first kappa shape index (κ1) is 21.3. The fourth-order valence-corrected chi connectivity index (χ4v) is 4.93. The fraction of sp³-hybridized carbons (Fsp3) is 0.500. The van der Waals surface area contributed by atoms with E-state index in [2.05, 4.69) is 14.7 Å². The summed E-state index contributed by atoms with van der Waals surface area (Å²) in [6.07, 6.45) is 2.78. The molecular formula is C20H27N3O5S. The summed E-state index contributed by atoms with van der Waals surface area (Å²) in [4.78, 5) is 8.72. The first-order chi connectivity index (χ1) is 13.8. The summed E-state index contributed by atoms with van der Waals surface area (Å²) in [5.41, 5.74) is 1.73. The van der Waals surface area contributed by atoms with Crippen molar-refractivity contribution < 1.29 is 22.6 Å². The van der Waals surface area contributed by atoms with E-state index < -0.39 is 10.0 Å². The predicted molar refractivity (Wildman–Crippen MR) is 108 cm³/mol. The second kappa shape index (κ2) is 8.96. The molecule has 1 heterocycles. The molecule has 158 valence electrons. The molecule has 8 nitrogen and oxygen atoms in total. The minimum atomic E-state index is -3.71. The third kappa shape index (κ3) is 5.36. The normalized spacial score (nSPS) is 19.6. The van der Waals surface area contributed by atoms with Crippen LogP contribution in [0.3, 0.4) is 0 Å². The van der Waals surface area contributed by atoms with Crippen LogP contribution in [-0.4, -0.2) is 44.8 Å². The minimum absolute atomic E-state index is 0.0209. The first-order valence-electron chi connectivity index (χ1n) is 9.54. The Bertz CT molecular complexity index is 936. The quantitative estimate of drug-likeness (QED) is 0.734. The number of aromatic nitrogens is 2. The first-order valence-corrected chi connectivity index (χ1v) is 11.0. The standard InChI is InChI=1S/C20H27N3O5S/c1-13-11-14(2)22-20(21-13)28-16-7-5-15(6-8-16)23-29(24,25)19-10-9-17(26-3)12-18(19)27-4/h9-12,15-16,23H,5-8H2,1-4H3. The highest BCUT2D eigenvalue weighted by Crippen LogP contribution is 2.30. The molecule has 1 aliphatic rings. The minimum Gasteiger partial charge on any atom is -0.497 e. The van der Waals surface area contributed by atoms with Gasteiger partial charge in [-0.05, 0) is 57.7 Å². The Kier molecular flexibility index (Phi) is 6.59. The highest BCUT2D eigenvalue weighted by Gasteiger charge is 2.28. The highest BCUT2D eigenvalue weighted by molar-refractivity contribution is 7.89. The van der Waals surface area contributed by atoms with Gasteiger partial charge in [0.15, 0.2) is 0 Å². The number of aryl methyl sites for hydroxylation is 2. The zero-order valence-electron chi connectivity index (χ0n) is 17.1. The van der Waals surface area contributed by atoms with E-state index in [1.54, 1.807) is 12.1 Å². The van der Waals surface area contributed by atoms with Crippen molar-refractivity contribution >= 4 is 10.0 Å². The Morgan fingerprint density at radius 2 is 1.62 bits per heavy atom. The van der Waals surface area contributed by atoms with Gasteiger partial charge in [-0.1, -0.05) is 0 Å². The number of methoxy groups -OCH3 is 2. The molecule has 0 spiro atoms. The summed E-state index contributed by atoms with van der Waals surface area (Å²) in [6, 6.07) is 6.77. The number of hydrogen-bond donors (Lipinski definition) is 1. The molecule has 1 fully saturated rings. The van der Waals surface area contributed by atoms with E-state index in [-0.39, 0.29) is 22.8 Å². The van der Waals surface area contributed by atoms with Gasteiger partial charge in [0.05, 0.1) is 14.2 Å². The van der Waals surface area contributed by atoms with Gasteiger partial charge in [-0.2, -0.15) is 0 Å². The second-order valence-corrected chi connectivity index (χ2v) is 8.85. The van der Waals surface area contributed by atoms with E-state index in [0.717, 1.165) is 24.2 Å². The Morgan fingerprint density at radius 1 is 0.966 bits per heavy atom. The summed E-state index contributed by atoms with van der Waals surface area (Å²) in [7, 11) is -0.757. The Morgan fingerprint density at radius 3 is 2.21 bits per heavy atom. The van der Waals surface area contributed by atoms with Gasteiger partial charge in [-0.25, -0.2) is 23.1 Å². The summed E-state index contributed by atoms with van der Waals surface area (Å²) in [5, 5.41) is 0. The smallest absolute Gasteiger partial charge is 0.317 e. The zero-order chi connectivity index (χ0) is 21.0. The van der Waals surface area contributed by atoms with Crippen LogP contribution in [0, 0.1) is 13.8 Å². The molecule has 1 N–H and O–H groups in total. The van der Waals surface area contributed by atoms with Crippen LogP contribution in [0.25, 0.3) is 0 Å². The van der Waals surface area contributed by atoms with Gasteiger partial charge in [0.1, 0.15) is 22.5 Å². The number of nitrogens with zero attached hydrogens (tertiary/aromatic N) is 2. The number of ether oxygens (including phenoxy) is 3. The molecule has 0 amide bonds. The molecule has 0 bridgehead atoms.